The molecule has 0 saturated carbocycles. The fraction of sp³-hybridized carbons (Fsp3) is 0.520. The third-order valence-electron chi connectivity index (χ3n) is 11.1. The predicted molar refractivity (Wildman–Crippen MR) is 229 cm³/mol. The molecule has 4 aromatic rings. The molecular formula is C50H72N2. The van der Waals surface area contributed by atoms with Crippen LogP contribution in [0.3, 0.4) is 0 Å². The van der Waals surface area contributed by atoms with Gasteiger partial charge in [-0.15, -0.1) is 0 Å². The summed E-state index contributed by atoms with van der Waals surface area (Å²) in [7, 11) is 0. The number of anilines is 2. The van der Waals surface area contributed by atoms with E-state index >= 15 is 0 Å². The number of unbranched alkanes of at least 4 members (excludes halogenated alkanes) is 15. The maximum absolute atomic E-state index is 6.16. The zero-order valence-electron chi connectivity index (χ0n) is 33.2. The number of rotatable bonds is 27. The van der Waals surface area contributed by atoms with Gasteiger partial charge in [-0.3, -0.25) is 0 Å². The van der Waals surface area contributed by atoms with Gasteiger partial charge in [0.2, 0.25) is 0 Å². The molecule has 0 aliphatic carbocycles. The maximum Gasteiger partial charge on any atom is 0.0316 e. The first-order valence-electron chi connectivity index (χ1n) is 21.4. The van der Waals surface area contributed by atoms with E-state index < -0.39 is 0 Å². The molecule has 0 heterocycles. The molecule has 4 aromatic carbocycles. The Bertz CT molecular complexity index is 1400. The highest BCUT2D eigenvalue weighted by atomic mass is 14.5. The van der Waals surface area contributed by atoms with Gasteiger partial charge in [-0.2, -0.15) is 0 Å². The number of aryl methyl sites for hydroxylation is 4. The van der Waals surface area contributed by atoms with Crippen LogP contribution in [0.1, 0.15) is 174 Å². The second-order valence-corrected chi connectivity index (χ2v) is 15.7. The molecule has 0 radical (unpaired) electrons. The van der Waals surface area contributed by atoms with Crippen molar-refractivity contribution in [2.45, 2.75) is 168 Å². The number of hydrogen-bond acceptors (Lipinski definition) is 2. The quantitative estimate of drug-likeness (QED) is 0.0480. The van der Waals surface area contributed by atoms with Crippen LogP contribution < -0.4 is 11.5 Å². The minimum atomic E-state index is 0.892. The van der Waals surface area contributed by atoms with Crippen molar-refractivity contribution in [1.82, 2.24) is 0 Å². The lowest BCUT2D eigenvalue weighted by molar-refractivity contribution is 0.567. The van der Waals surface area contributed by atoms with Crippen molar-refractivity contribution in [3.63, 3.8) is 0 Å². The second kappa shape index (κ2) is 24.7. The van der Waals surface area contributed by atoms with Crippen LogP contribution in [-0.4, -0.2) is 0 Å². The molecule has 0 bridgehead atoms. The van der Waals surface area contributed by atoms with E-state index in [-0.39, 0.29) is 0 Å². The van der Waals surface area contributed by atoms with Gasteiger partial charge in [0.1, 0.15) is 0 Å². The van der Waals surface area contributed by atoms with E-state index in [0.29, 0.717) is 0 Å². The van der Waals surface area contributed by atoms with Crippen LogP contribution in [0.2, 0.25) is 0 Å². The van der Waals surface area contributed by atoms with Crippen molar-refractivity contribution >= 4 is 11.4 Å². The second-order valence-electron chi connectivity index (χ2n) is 15.7. The highest BCUT2D eigenvalue weighted by Crippen LogP contribution is 2.23. The molecule has 0 atom stereocenters. The summed E-state index contributed by atoms with van der Waals surface area (Å²) < 4.78 is 0. The molecule has 0 aromatic heterocycles. The molecule has 4 N–H and O–H groups in total. The normalized spacial score (nSPS) is 11.3. The maximum atomic E-state index is 6.16. The van der Waals surface area contributed by atoms with Crippen LogP contribution in [0.25, 0.3) is 0 Å². The standard InChI is InChI=1S/C50H72N2/c1-3-5-7-13-19-23-45-39-49(51)35-33-47(45)37-43-29-25-41(26-30-43)21-17-15-11-9-10-12-16-18-22-42-27-31-44(32-28-42)38-48-34-36-50(52)40-46(48)24-20-14-8-6-4-2/h25-36,39-40H,3-24,37-38,51-52H2,1-2H3. The van der Waals surface area contributed by atoms with E-state index in [1.807, 2.05) is 0 Å². The van der Waals surface area contributed by atoms with E-state index in [0.717, 1.165) is 37.1 Å². The molecule has 2 heteroatoms. The van der Waals surface area contributed by atoms with Crippen molar-refractivity contribution in [3.05, 3.63) is 129 Å². The first-order valence-corrected chi connectivity index (χ1v) is 21.4. The lowest BCUT2D eigenvalue weighted by Gasteiger charge is -2.12. The van der Waals surface area contributed by atoms with E-state index in [1.54, 1.807) is 0 Å². The third kappa shape index (κ3) is 16.0. The van der Waals surface area contributed by atoms with Crippen molar-refractivity contribution < 1.29 is 0 Å². The summed E-state index contributed by atoms with van der Waals surface area (Å²) in [6.07, 6.45) is 30.6. The number of hydrogen-bond donors (Lipinski definition) is 2. The van der Waals surface area contributed by atoms with Gasteiger partial charge in [-0.05, 0) is 133 Å². The molecule has 0 aliphatic heterocycles. The Hall–Kier alpha value is -3.52. The van der Waals surface area contributed by atoms with Gasteiger partial charge in [0.05, 0.1) is 0 Å². The monoisotopic (exact) mass is 701 g/mol. The topological polar surface area (TPSA) is 52.0 Å². The lowest BCUT2D eigenvalue weighted by atomic mass is 9.94. The molecule has 0 fully saturated rings. The number of nitrogen functional groups attached to an aromatic ring is 2. The molecule has 282 valence electrons. The van der Waals surface area contributed by atoms with Crippen LogP contribution >= 0.6 is 0 Å². The summed E-state index contributed by atoms with van der Waals surface area (Å²) in [6.45, 7) is 4.56. The summed E-state index contributed by atoms with van der Waals surface area (Å²) in [5.41, 5.74) is 25.6. The summed E-state index contributed by atoms with van der Waals surface area (Å²) in [4.78, 5) is 0. The largest absolute Gasteiger partial charge is 0.399 e. The van der Waals surface area contributed by atoms with E-state index in [9.17, 15) is 0 Å². The molecule has 0 amide bonds. The minimum Gasteiger partial charge on any atom is -0.399 e. The highest BCUT2D eigenvalue weighted by Gasteiger charge is 2.08. The van der Waals surface area contributed by atoms with Crippen molar-refractivity contribution in [1.29, 1.82) is 0 Å². The lowest BCUT2D eigenvalue weighted by Crippen LogP contribution is -1.99. The summed E-state index contributed by atoms with van der Waals surface area (Å²) in [6, 6.07) is 31.9. The zero-order chi connectivity index (χ0) is 36.6. The molecule has 4 rings (SSSR count). The Balaban J connectivity index is 1.05. The summed E-state index contributed by atoms with van der Waals surface area (Å²) >= 11 is 0. The summed E-state index contributed by atoms with van der Waals surface area (Å²) in [5, 5.41) is 0. The molecule has 0 unspecified atom stereocenters. The Morgan fingerprint density at radius 3 is 0.981 bits per heavy atom. The van der Waals surface area contributed by atoms with E-state index in [1.165, 1.54) is 173 Å². The summed E-state index contributed by atoms with van der Waals surface area (Å²) in [5.74, 6) is 0. The van der Waals surface area contributed by atoms with Crippen LogP contribution in [0, 0.1) is 0 Å². The number of nitrogens with two attached hydrogens (primary N) is 2. The van der Waals surface area contributed by atoms with Crippen molar-refractivity contribution in [2.75, 3.05) is 11.5 Å². The highest BCUT2D eigenvalue weighted by molar-refractivity contribution is 5.47. The third-order valence-corrected chi connectivity index (χ3v) is 11.1. The van der Waals surface area contributed by atoms with Crippen LogP contribution in [0.4, 0.5) is 11.4 Å². The molecule has 0 spiro atoms. The molecule has 2 nitrogen and oxygen atoms in total. The Labute approximate surface area is 319 Å². The SMILES string of the molecule is CCCCCCCc1cc(N)ccc1Cc1ccc(CCCCCCCCCCc2ccc(Cc3ccc(N)cc3CCCCCCC)cc2)cc1. The van der Waals surface area contributed by atoms with Gasteiger partial charge >= 0.3 is 0 Å². The first-order chi connectivity index (χ1) is 25.5. The van der Waals surface area contributed by atoms with E-state index in [4.69, 9.17) is 11.5 Å². The average molecular weight is 701 g/mol. The van der Waals surface area contributed by atoms with Crippen LogP contribution in [-0.2, 0) is 38.5 Å². The number of benzene rings is 4. The fourth-order valence-corrected chi connectivity index (χ4v) is 7.75. The van der Waals surface area contributed by atoms with Gasteiger partial charge in [0, 0.05) is 11.4 Å². The smallest absolute Gasteiger partial charge is 0.0316 e. The van der Waals surface area contributed by atoms with E-state index in [2.05, 4.69) is 98.8 Å². The molecule has 0 saturated heterocycles. The van der Waals surface area contributed by atoms with Crippen molar-refractivity contribution in [3.8, 4) is 0 Å². The van der Waals surface area contributed by atoms with Gasteiger partial charge in [-0.1, -0.05) is 164 Å². The Morgan fingerprint density at radius 1 is 0.308 bits per heavy atom. The molecular weight excluding hydrogens is 629 g/mol. The molecule has 0 aliphatic rings. The fourth-order valence-electron chi connectivity index (χ4n) is 7.75. The van der Waals surface area contributed by atoms with Gasteiger partial charge < -0.3 is 11.5 Å². The van der Waals surface area contributed by atoms with Crippen LogP contribution in [0.5, 0.6) is 0 Å². The average Bonchev–Trinajstić information content (AvgIpc) is 3.15. The molecule has 52 heavy (non-hydrogen) atoms. The minimum absolute atomic E-state index is 0.892. The Kier molecular flexibility index (Phi) is 19.6. The predicted octanol–water partition coefficient (Wildman–Crippen LogP) is 14.0. The van der Waals surface area contributed by atoms with Crippen LogP contribution in [0.15, 0.2) is 84.9 Å². The first kappa shape index (κ1) is 41.2. The van der Waals surface area contributed by atoms with Gasteiger partial charge in [-0.25, -0.2) is 0 Å². The Morgan fingerprint density at radius 2 is 0.615 bits per heavy atom. The van der Waals surface area contributed by atoms with Gasteiger partial charge in [0.15, 0.2) is 0 Å². The van der Waals surface area contributed by atoms with Crippen molar-refractivity contribution in [2.24, 2.45) is 0 Å². The zero-order valence-corrected chi connectivity index (χ0v) is 33.2. The van der Waals surface area contributed by atoms with Gasteiger partial charge in [0.25, 0.3) is 0 Å².